The fraction of sp³-hybridized carbons (Fsp3) is 0.200. The highest BCUT2D eigenvalue weighted by molar-refractivity contribution is 5.55. The van der Waals surface area contributed by atoms with Gasteiger partial charge in [-0.3, -0.25) is 0 Å². The van der Waals surface area contributed by atoms with Gasteiger partial charge in [0.1, 0.15) is 5.75 Å². The van der Waals surface area contributed by atoms with Gasteiger partial charge in [-0.25, -0.2) is 0 Å². The topological polar surface area (TPSA) is 87.1 Å². The molecule has 0 amide bonds. The van der Waals surface area contributed by atoms with E-state index in [0.717, 1.165) is 16.9 Å². The molecule has 0 fully saturated rings. The van der Waals surface area contributed by atoms with E-state index in [2.05, 4.69) is 20.3 Å². The van der Waals surface area contributed by atoms with Crippen molar-refractivity contribution in [2.45, 2.75) is 19.8 Å². The Hall–Kier alpha value is -3.48. The molecule has 136 valence electrons. The van der Waals surface area contributed by atoms with Gasteiger partial charge < -0.3 is 13.8 Å². The predicted molar refractivity (Wildman–Crippen MR) is 98.2 cm³/mol. The van der Waals surface area contributed by atoms with Crippen LogP contribution in [-0.2, 0) is 12.8 Å². The van der Waals surface area contributed by atoms with Gasteiger partial charge in [-0.1, -0.05) is 40.1 Å². The molecule has 4 aromatic rings. The standard InChI is InChI=1S/C20H18N4O3/c1-13-3-5-14(6-4-13)19-21-17(26-23-19)11-12-18-22-20(24-27-18)15-7-9-16(25-2)10-8-15/h3-10H,11-12H2,1-2H3. The minimum Gasteiger partial charge on any atom is -0.497 e. The average molecular weight is 362 g/mol. The van der Waals surface area contributed by atoms with Crippen molar-refractivity contribution in [3.63, 3.8) is 0 Å². The third-order valence-corrected chi connectivity index (χ3v) is 4.15. The molecule has 4 rings (SSSR count). The van der Waals surface area contributed by atoms with Crippen LogP contribution >= 0.6 is 0 Å². The summed E-state index contributed by atoms with van der Waals surface area (Å²) in [5, 5.41) is 8.05. The van der Waals surface area contributed by atoms with Gasteiger partial charge in [0.2, 0.25) is 23.4 Å². The number of hydrogen-bond acceptors (Lipinski definition) is 7. The molecule has 0 spiro atoms. The van der Waals surface area contributed by atoms with Gasteiger partial charge in [-0.05, 0) is 31.2 Å². The molecule has 2 aromatic heterocycles. The molecule has 0 atom stereocenters. The van der Waals surface area contributed by atoms with Crippen molar-refractivity contribution in [3.8, 4) is 28.5 Å². The summed E-state index contributed by atoms with van der Waals surface area (Å²) in [5.41, 5.74) is 2.98. The summed E-state index contributed by atoms with van der Waals surface area (Å²) in [4.78, 5) is 8.85. The fourth-order valence-corrected chi connectivity index (χ4v) is 2.60. The highest BCUT2D eigenvalue weighted by Crippen LogP contribution is 2.20. The van der Waals surface area contributed by atoms with Gasteiger partial charge in [0.05, 0.1) is 7.11 Å². The largest absolute Gasteiger partial charge is 0.497 e. The first-order valence-corrected chi connectivity index (χ1v) is 8.58. The van der Waals surface area contributed by atoms with E-state index in [4.69, 9.17) is 13.8 Å². The van der Waals surface area contributed by atoms with Crippen LogP contribution in [0.5, 0.6) is 5.75 Å². The predicted octanol–water partition coefficient (Wildman–Crippen LogP) is 3.89. The van der Waals surface area contributed by atoms with Crippen LogP contribution < -0.4 is 4.74 Å². The van der Waals surface area contributed by atoms with Crippen molar-refractivity contribution < 1.29 is 13.8 Å². The summed E-state index contributed by atoms with van der Waals surface area (Å²) in [6, 6.07) is 15.5. The summed E-state index contributed by atoms with van der Waals surface area (Å²) in [6.45, 7) is 2.04. The lowest BCUT2D eigenvalue weighted by Gasteiger charge is -1.98. The molecule has 0 aliphatic carbocycles. The summed E-state index contributed by atoms with van der Waals surface area (Å²) in [7, 11) is 1.63. The van der Waals surface area contributed by atoms with Crippen LogP contribution in [0.2, 0.25) is 0 Å². The SMILES string of the molecule is COc1ccc(-c2noc(CCc3nc(-c4ccc(C)cc4)no3)n2)cc1. The second-order valence-electron chi connectivity index (χ2n) is 6.12. The monoisotopic (exact) mass is 362 g/mol. The Bertz CT molecular complexity index is 1020. The summed E-state index contributed by atoms with van der Waals surface area (Å²) < 4.78 is 15.8. The minimum atomic E-state index is 0.524. The van der Waals surface area contributed by atoms with Crippen LogP contribution in [0.1, 0.15) is 17.3 Å². The van der Waals surface area contributed by atoms with E-state index in [1.165, 1.54) is 5.56 Å². The van der Waals surface area contributed by atoms with Crippen LogP contribution in [0.3, 0.4) is 0 Å². The Kier molecular flexibility index (Phi) is 4.65. The Morgan fingerprint density at radius 1 is 0.741 bits per heavy atom. The third-order valence-electron chi connectivity index (χ3n) is 4.15. The number of aromatic nitrogens is 4. The molecule has 0 radical (unpaired) electrons. The molecular formula is C20H18N4O3. The number of aryl methyl sites for hydroxylation is 3. The molecule has 0 saturated carbocycles. The van der Waals surface area contributed by atoms with Gasteiger partial charge in [-0.15, -0.1) is 0 Å². The highest BCUT2D eigenvalue weighted by Gasteiger charge is 2.12. The molecule has 7 heteroatoms. The molecule has 27 heavy (non-hydrogen) atoms. The highest BCUT2D eigenvalue weighted by atomic mass is 16.5. The number of rotatable bonds is 6. The summed E-state index contributed by atoms with van der Waals surface area (Å²) in [5.74, 6) is 2.96. The van der Waals surface area contributed by atoms with Crippen molar-refractivity contribution in [3.05, 3.63) is 65.9 Å². The van der Waals surface area contributed by atoms with Crippen LogP contribution in [0, 0.1) is 6.92 Å². The molecule has 2 heterocycles. The van der Waals surface area contributed by atoms with Crippen molar-refractivity contribution >= 4 is 0 Å². The maximum atomic E-state index is 5.32. The number of benzene rings is 2. The number of nitrogens with zero attached hydrogens (tertiary/aromatic N) is 4. The van der Waals surface area contributed by atoms with E-state index in [9.17, 15) is 0 Å². The smallest absolute Gasteiger partial charge is 0.227 e. The Balaban J connectivity index is 1.40. The normalized spacial score (nSPS) is 10.9. The van der Waals surface area contributed by atoms with E-state index in [-0.39, 0.29) is 0 Å². The van der Waals surface area contributed by atoms with E-state index in [1.807, 2.05) is 55.5 Å². The van der Waals surface area contributed by atoms with Crippen molar-refractivity contribution in [2.24, 2.45) is 0 Å². The molecule has 0 saturated heterocycles. The Morgan fingerprint density at radius 3 is 1.70 bits per heavy atom. The fourth-order valence-electron chi connectivity index (χ4n) is 2.60. The number of hydrogen-bond donors (Lipinski definition) is 0. The summed E-state index contributed by atoms with van der Waals surface area (Å²) >= 11 is 0. The summed E-state index contributed by atoms with van der Waals surface area (Å²) in [6.07, 6.45) is 1.06. The van der Waals surface area contributed by atoms with E-state index in [1.54, 1.807) is 7.11 Å². The zero-order chi connectivity index (χ0) is 18.6. The Morgan fingerprint density at radius 2 is 1.22 bits per heavy atom. The zero-order valence-electron chi connectivity index (χ0n) is 15.0. The second kappa shape index (κ2) is 7.41. The zero-order valence-corrected chi connectivity index (χ0v) is 15.0. The minimum absolute atomic E-state index is 0.524. The lowest BCUT2D eigenvalue weighted by Crippen LogP contribution is -1.92. The van der Waals surface area contributed by atoms with Gasteiger partial charge >= 0.3 is 0 Å². The molecule has 0 N–H and O–H groups in total. The third kappa shape index (κ3) is 3.87. The van der Waals surface area contributed by atoms with Gasteiger partial charge in [0, 0.05) is 24.0 Å². The number of ether oxygens (including phenoxy) is 1. The molecule has 0 aliphatic heterocycles. The molecular weight excluding hydrogens is 344 g/mol. The number of methoxy groups -OCH3 is 1. The van der Waals surface area contributed by atoms with Gasteiger partial charge in [-0.2, -0.15) is 9.97 Å². The molecule has 2 aromatic carbocycles. The maximum absolute atomic E-state index is 5.32. The van der Waals surface area contributed by atoms with Crippen LogP contribution in [0.4, 0.5) is 0 Å². The lowest BCUT2D eigenvalue weighted by atomic mass is 10.1. The van der Waals surface area contributed by atoms with Crippen LogP contribution in [0.15, 0.2) is 57.6 Å². The average Bonchev–Trinajstić information content (AvgIpc) is 3.37. The van der Waals surface area contributed by atoms with Crippen LogP contribution in [0.25, 0.3) is 22.8 Å². The molecule has 0 aliphatic rings. The van der Waals surface area contributed by atoms with Crippen LogP contribution in [-0.4, -0.2) is 27.4 Å². The van der Waals surface area contributed by atoms with E-state index < -0.39 is 0 Å². The van der Waals surface area contributed by atoms with Crippen molar-refractivity contribution in [1.29, 1.82) is 0 Å². The Labute approximate surface area is 156 Å². The quantitative estimate of drug-likeness (QED) is 0.514. The first kappa shape index (κ1) is 17.0. The second-order valence-corrected chi connectivity index (χ2v) is 6.12. The van der Waals surface area contributed by atoms with Crippen molar-refractivity contribution in [2.75, 3.05) is 7.11 Å². The van der Waals surface area contributed by atoms with Gasteiger partial charge in [0.15, 0.2) is 0 Å². The van der Waals surface area contributed by atoms with Gasteiger partial charge in [0.25, 0.3) is 0 Å². The van der Waals surface area contributed by atoms with Crippen molar-refractivity contribution in [1.82, 2.24) is 20.3 Å². The molecule has 0 bridgehead atoms. The lowest BCUT2D eigenvalue weighted by molar-refractivity contribution is 0.354. The first-order chi connectivity index (χ1) is 13.2. The van der Waals surface area contributed by atoms with E-state index in [0.29, 0.717) is 36.3 Å². The molecule has 7 nitrogen and oxygen atoms in total. The maximum Gasteiger partial charge on any atom is 0.227 e. The first-order valence-electron chi connectivity index (χ1n) is 8.58. The van der Waals surface area contributed by atoms with E-state index >= 15 is 0 Å². The molecule has 0 unspecified atom stereocenters.